The molecule has 0 unspecified atom stereocenters. The Balaban J connectivity index is 1.23. The van der Waals surface area contributed by atoms with Crippen molar-refractivity contribution in [3.63, 3.8) is 0 Å². The fourth-order valence-electron chi connectivity index (χ4n) is 4.37. The maximum atomic E-state index is 13.2. The van der Waals surface area contributed by atoms with E-state index in [1.165, 1.54) is 11.3 Å². The third kappa shape index (κ3) is 4.75. The Bertz CT molecular complexity index is 1790. The highest BCUT2D eigenvalue weighted by Gasteiger charge is 2.18. The van der Waals surface area contributed by atoms with E-state index in [2.05, 4.69) is 10.3 Å². The van der Waals surface area contributed by atoms with Crippen molar-refractivity contribution in [1.29, 1.82) is 0 Å². The van der Waals surface area contributed by atoms with Crippen molar-refractivity contribution in [1.82, 2.24) is 9.97 Å². The highest BCUT2D eigenvalue weighted by Crippen LogP contribution is 2.31. The summed E-state index contributed by atoms with van der Waals surface area (Å²) in [5.74, 6) is -1.05. The van der Waals surface area contributed by atoms with Crippen LogP contribution in [-0.4, -0.2) is 28.5 Å². The van der Waals surface area contributed by atoms with Crippen LogP contribution in [0.4, 0.5) is 5.13 Å². The van der Waals surface area contributed by atoms with Crippen LogP contribution in [0, 0.1) is 0 Å². The molecule has 0 bridgehead atoms. The number of para-hydroxylation sites is 1. The first kappa shape index (κ1) is 23.5. The van der Waals surface area contributed by atoms with Gasteiger partial charge in [0.15, 0.2) is 11.7 Å². The molecular formula is C31H21N3O3S. The molecule has 6 aromatic rings. The average molecular weight is 516 g/mol. The molecule has 38 heavy (non-hydrogen) atoms. The van der Waals surface area contributed by atoms with Crippen LogP contribution >= 0.6 is 11.3 Å². The molecule has 2 aromatic heterocycles. The minimum absolute atomic E-state index is 0.354. The maximum Gasteiger partial charge on any atom is 0.339 e. The molecule has 0 saturated heterocycles. The summed E-state index contributed by atoms with van der Waals surface area (Å²) in [6, 6.07) is 32.9. The lowest BCUT2D eigenvalue weighted by molar-refractivity contribution is -0.119. The number of aromatic nitrogens is 2. The highest BCUT2D eigenvalue weighted by molar-refractivity contribution is 7.14. The van der Waals surface area contributed by atoms with E-state index in [9.17, 15) is 9.59 Å². The van der Waals surface area contributed by atoms with Crippen LogP contribution in [0.1, 0.15) is 10.4 Å². The quantitative estimate of drug-likeness (QED) is 0.242. The molecule has 6 rings (SSSR count). The third-order valence-electron chi connectivity index (χ3n) is 6.16. The van der Waals surface area contributed by atoms with Crippen molar-refractivity contribution in [2.75, 3.05) is 11.9 Å². The second-order valence-electron chi connectivity index (χ2n) is 8.63. The predicted octanol–water partition coefficient (Wildman–Crippen LogP) is 6.97. The molecule has 0 aliphatic rings. The van der Waals surface area contributed by atoms with E-state index in [4.69, 9.17) is 9.72 Å². The largest absolute Gasteiger partial charge is 0.452 e. The molecule has 0 atom stereocenters. The van der Waals surface area contributed by atoms with Crippen LogP contribution in [0.15, 0.2) is 109 Å². The normalized spacial score (nSPS) is 10.9. The Morgan fingerprint density at radius 3 is 2.37 bits per heavy atom. The number of rotatable bonds is 6. The summed E-state index contributed by atoms with van der Waals surface area (Å²) in [6.45, 7) is -0.431. The van der Waals surface area contributed by atoms with E-state index in [1.54, 1.807) is 6.07 Å². The Labute approximate surface area is 222 Å². The van der Waals surface area contributed by atoms with Crippen molar-refractivity contribution < 1.29 is 14.3 Å². The molecule has 0 aliphatic carbocycles. The summed E-state index contributed by atoms with van der Waals surface area (Å²) in [4.78, 5) is 35.0. The molecule has 0 saturated carbocycles. The summed E-state index contributed by atoms with van der Waals surface area (Å²) in [6.07, 6.45) is 0. The number of amides is 1. The van der Waals surface area contributed by atoms with Crippen molar-refractivity contribution in [3.05, 3.63) is 114 Å². The second kappa shape index (κ2) is 10.2. The topological polar surface area (TPSA) is 81.2 Å². The fraction of sp³-hybridized carbons (Fsp3) is 0.0323. The smallest absolute Gasteiger partial charge is 0.339 e. The lowest BCUT2D eigenvalue weighted by Crippen LogP contribution is -2.21. The highest BCUT2D eigenvalue weighted by atomic mass is 32.1. The Morgan fingerprint density at radius 2 is 1.50 bits per heavy atom. The number of nitrogens with one attached hydrogen (secondary N) is 1. The number of benzene rings is 4. The summed E-state index contributed by atoms with van der Waals surface area (Å²) >= 11 is 1.31. The van der Waals surface area contributed by atoms with Gasteiger partial charge in [-0.15, -0.1) is 11.3 Å². The third-order valence-corrected chi connectivity index (χ3v) is 6.91. The van der Waals surface area contributed by atoms with Gasteiger partial charge in [0, 0.05) is 21.9 Å². The van der Waals surface area contributed by atoms with E-state index in [1.807, 2.05) is 102 Å². The van der Waals surface area contributed by atoms with E-state index in [0.29, 0.717) is 27.3 Å². The number of carbonyl (C=O) groups excluding carboxylic acids is 2. The van der Waals surface area contributed by atoms with Crippen LogP contribution in [0.25, 0.3) is 44.2 Å². The molecule has 184 valence electrons. The number of thiazole rings is 1. The number of pyridine rings is 1. The predicted molar refractivity (Wildman–Crippen MR) is 151 cm³/mol. The number of hydrogen-bond acceptors (Lipinski definition) is 6. The standard InChI is InChI=1S/C31H21N3O3S/c35-29(34-31-33-28(19-38-31)21-10-2-1-3-11-21)18-37-30(36)25-17-27(32-26-16-7-6-14-24(25)26)23-15-8-12-20-9-4-5-13-22(20)23/h1-17,19H,18H2,(H,33,34,35). The maximum absolute atomic E-state index is 13.2. The van der Waals surface area contributed by atoms with Gasteiger partial charge in [-0.25, -0.2) is 14.8 Å². The van der Waals surface area contributed by atoms with Crippen molar-refractivity contribution in [3.8, 4) is 22.5 Å². The molecule has 0 fully saturated rings. The summed E-state index contributed by atoms with van der Waals surface area (Å²) in [7, 11) is 0. The summed E-state index contributed by atoms with van der Waals surface area (Å²) in [5.41, 5.74) is 4.33. The van der Waals surface area contributed by atoms with E-state index >= 15 is 0 Å². The van der Waals surface area contributed by atoms with Gasteiger partial charge in [0.05, 0.1) is 22.5 Å². The van der Waals surface area contributed by atoms with E-state index in [0.717, 1.165) is 27.6 Å². The zero-order valence-corrected chi connectivity index (χ0v) is 20.9. The van der Waals surface area contributed by atoms with Crippen LogP contribution in [-0.2, 0) is 9.53 Å². The van der Waals surface area contributed by atoms with Crippen molar-refractivity contribution in [2.24, 2.45) is 0 Å². The molecule has 1 amide bonds. The number of ether oxygens (including phenoxy) is 1. The summed E-state index contributed by atoms with van der Waals surface area (Å²) < 4.78 is 5.44. The molecular weight excluding hydrogens is 494 g/mol. The van der Waals surface area contributed by atoms with Gasteiger partial charge in [0.25, 0.3) is 5.91 Å². The Kier molecular flexibility index (Phi) is 6.34. The molecule has 7 heteroatoms. The average Bonchev–Trinajstić information content (AvgIpc) is 3.44. The van der Waals surface area contributed by atoms with Gasteiger partial charge in [-0.05, 0) is 22.9 Å². The Morgan fingerprint density at radius 1 is 0.763 bits per heavy atom. The number of nitrogens with zero attached hydrogens (tertiary/aromatic N) is 2. The first-order chi connectivity index (χ1) is 18.7. The van der Waals surface area contributed by atoms with Gasteiger partial charge < -0.3 is 4.74 Å². The second-order valence-corrected chi connectivity index (χ2v) is 9.49. The fourth-order valence-corrected chi connectivity index (χ4v) is 5.10. The van der Waals surface area contributed by atoms with Gasteiger partial charge in [-0.1, -0.05) is 91.0 Å². The van der Waals surface area contributed by atoms with Crippen molar-refractivity contribution in [2.45, 2.75) is 0 Å². The SMILES string of the molecule is O=C(COC(=O)c1cc(-c2cccc3ccccc23)nc2ccccc12)Nc1nc(-c2ccccc2)cs1. The van der Waals surface area contributed by atoms with Crippen LogP contribution in [0.5, 0.6) is 0 Å². The Hall–Kier alpha value is -4.88. The molecule has 0 aliphatic heterocycles. The molecule has 0 radical (unpaired) electrons. The molecule has 1 N–H and O–H groups in total. The molecule has 2 heterocycles. The van der Waals surface area contributed by atoms with Gasteiger partial charge in [0.2, 0.25) is 0 Å². The minimum atomic E-state index is -0.593. The lowest BCUT2D eigenvalue weighted by atomic mass is 9.99. The molecule has 4 aromatic carbocycles. The monoisotopic (exact) mass is 515 g/mol. The number of fused-ring (bicyclic) bond motifs is 2. The molecule has 0 spiro atoms. The van der Waals surface area contributed by atoms with Gasteiger partial charge >= 0.3 is 5.97 Å². The van der Waals surface area contributed by atoms with Gasteiger partial charge in [0.1, 0.15) is 0 Å². The summed E-state index contributed by atoms with van der Waals surface area (Å²) in [5, 5.41) is 7.80. The molecule has 6 nitrogen and oxygen atoms in total. The first-order valence-corrected chi connectivity index (χ1v) is 12.9. The number of carbonyl (C=O) groups is 2. The number of esters is 1. The van der Waals surface area contributed by atoms with Gasteiger partial charge in [-0.2, -0.15) is 0 Å². The van der Waals surface area contributed by atoms with Crippen LogP contribution in [0.3, 0.4) is 0 Å². The van der Waals surface area contributed by atoms with E-state index < -0.39 is 18.5 Å². The van der Waals surface area contributed by atoms with E-state index in [-0.39, 0.29) is 0 Å². The van der Waals surface area contributed by atoms with Crippen LogP contribution in [0.2, 0.25) is 0 Å². The van der Waals surface area contributed by atoms with Gasteiger partial charge in [-0.3, -0.25) is 10.1 Å². The first-order valence-electron chi connectivity index (χ1n) is 12.0. The number of anilines is 1. The number of hydrogen-bond donors (Lipinski definition) is 1. The lowest BCUT2D eigenvalue weighted by Gasteiger charge is -2.11. The zero-order chi connectivity index (χ0) is 25.9. The van der Waals surface area contributed by atoms with Crippen LogP contribution < -0.4 is 5.32 Å². The minimum Gasteiger partial charge on any atom is -0.452 e. The zero-order valence-electron chi connectivity index (χ0n) is 20.1. The van der Waals surface area contributed by atoms with Crippen molar-refractivity contribution >= 4 is 50.0 Å².